The molecule has 158 valence electrons. The lowest BCUT2D eigenvalue weighted by Crippen LogP contribution is -2.53. The SMILES string of the molecule is C=C1CCN(C[C@H]2CN(C3CCC(N4CCOCC4)C(F)C3)C(=O)O2)S1(=O)=O. The molecule has 0 bridgehead atoms. The predicted octanol–water partition coefficient (Wildman–Crippen LogP) is 0.948. The Morgan fingerprint density at radius 3 is 2.57 bits per heavy atom. The normalized spacial score (nSPS) is 37.4. The Morgan fingerprint density at radius 2 is 1.93 bits per heavy atom. The third-order valence-corrected chi connectivity index (χ3v) is 8.27. The van der Waals surface area contributed by atoms with Crippen LogP contribution in [-0.2, 0) is 19.5 Å². The van der Waals surface area contributed by atoms with Crippen molar-refractivity contribution in [2.45, 2.75) is 50.0 Å². The highest BCUT2D eigenvalue weighted by atomic mass is 32.2. The molecule has 10 heteroatoms. The maximum absolute atomic E-state index is 14.9. The maximum Gasteiger partial charge on any atom is 0.410 e. The van der Waals surface area contributed by atoms with Gasteiger partial charge in [0, 0.05) is 38.1 Å². The smallest absolute Gasteiger partial charge is 0.410 e. The number of cyclic esters (lactones) is 1. The van der Waals surface area contributed by atoms with Crippen LogP contribution in [0.25, 0.3) is 0 Å². The molecular weight excluding hydrogens is 389 g/mol. The fourth-order valence-corrected chi connectivity index (χ4v) is 6.12. The van der Waals surface area contributed by atoms with Gasteiger partial charge in [-0.3, -0.25) is 4.90 Å². The van der Waals surface area contributed by atoms with Crippen LogP contribution in [-0.4, -0.2) is 98.9 Å². The number of alkyl halides is 1. The largest absolute Gasteiger partial charge is 0.443 e. The summed E-state index contributed by atoms with van der Waals surface area (Å²) >= 11 is 0. The minimum Gasteiger partial charge on any atom is -0.443 e. The highest BCUT2D eigenvalue weighted by Gasteiger charge is 2.44. The Labute approximate surface area is 165 Å². The van der Waals surface area contributed by atoms with Gasteiger partial charge >= 0.3 is 6.09 Å². The number of carbonyl (C=O) groups excluding carboxylic acids is 1. The zero-order valence-electron chi connectivity index (χ0n) is 16.0. The van der Waals surface area contributed by atoms with E-state index in [9.17, 15) is 17.6 Å². The van der Waals surface area contributed by atoms with Gasteiger partial charge in [-0.25, -0.2) is 17.6 Å². The molecule has 0 aromatic rings. The highest BCUT2D eigenvalue weighted by molar-refractivity contribution is 7.93. The van der Waals surface area contributed by atoms with Crippen LogP contribution >= 0.6 is 0 Å². The zero-order valence-corrected chi connectivity index (χ0v) is 16.8. The maximum atomic E-state index is 14.9. The van der Waals surface area contributed by atoms with E-state index in [4.69, 9.17) is 9.47 Å². The topological polar surface area (TPSA) is 79.4 Å². The van der Waals surface area contributed by atoms with Crippen LogP contribution in [0.5, 0.6) is 0 Å². The Bertz CT molecular complexity index is 727. The first-order valence-corrected chi connectivity index (χ1v) is 11.4. The number of hydrogen-bond donors (Lipinski definition) is 0. The third-order valence-electron chi connectivity index (χ3n) is 6.32. The van der Waals surface area contributed by atoms with Gasteiger partial charge in [-0.15, -0.1) is 0 Å². The number of ether oxygens (including phenoxy) is 2. The van der Waals surface area contributed by atoms with Gasteiger partial charge in [0.2, 0.25) is 10.0 Å². The van der Waals surface area contributed by atoms with Crippen molar-refractivity contribution in [3.05, 3.63) is 11.5 Å². The number of morpholine rings is 1. The lowest BCUT2D eigenvalue weighted by Gasteiger charge is -2.42. The van der Waals surface area contributed by atoms with Crippen molar-refractivity contribution in [2.24, 2.45) is 0 Å². The third kappa shape index (κ3) is 3.79. The number of nitrogens with zero attached hydrogens (tertiary/aromatic N) is 3. The second-order valence-electron chi connectivity index (χ2n) is 8.01. The predicted molar refractivity (Wildman–Crippen MR) is 99.9 cm³/mol. The van der Waals surface area contributed by atoms with Crippen LogP contribution in [0.1, 0.15) is 25.7 Å². The first-order valence-electron chi connectivity index (χ1n) is 9.97. The monoisotopic (exact) mass is 417 g/mol. The Balaban J connectivity index is 1.33. The average molecular weight is 418 g/mol. The quantitative estimate of drug-likeness (QED) is 0.678. The summed E-state index contributed by atoms with van der Waals surface area (Å²) in [7, 11) is -3.49. The number of sulfonamides is 1. The molecule has 1 saturated carbocycles. The van der Waals surface area contributed by atoms with Crippen LogP contribution < -0.4 is 0 Å². The summed E-state index contributed by atoms with van der Waals surface area (Å²) in [6.07, 6.45) is 0.130. The van der Waals surface area contributed by atoms with Crippen LogP contribution in [0, 0.1) is 0 Å². The first-order chi connectivity index (χ1) is 13.4. The highest BCUT2D eigenvalue weighted by Crippen LogP contribution is 2.32. The molecule has 4 aliphatic rings. The lowest BCUT2D eigenvalue weighted by molar-refractivity contribution is -0.0232. The molecule has 8 nitrogen and oxygen atoms in total. The summed E-state index contributed by atoms with van der Waals surface area (Å²) in [5, 5.41) is 0. The summed E-state index contributed by atoms with van der Waals surface area (Å²) in [6, 6.07) is -0.315. The van der Waals surface area contributed by atoms with Gasteiger partial charge < -0.3 is 14.4 Å². The van der Waals surface area contributed by atoms with Gasteiger partial charge in [-0.1, -0.05) is 6.58 Å². The van der Waals surface area contributed by atoms with Gasteiger partial charge in [0.15, 0.2) is 0 Å². The van der Waals surface area contributed by atoms with Crippen molar-refractivity contribution >= 4 is 16.1 Å². The first kappa shape index (κ1) is 20.1. The average Bonchev–Trinajstić information content (AvgIpc) is 3.16. The van der Waals surface area contributed by atoms with Gasteiger partial charge in [-0.2, -0.15) is 4.31 Å². The van der Waals surface area contributed by atoms with Crippen LogP contribution in [0.15, 0.2) is 11.5 Å². The summed E-state index contributed by atoms with van der Waals surface area (Å²) in [5.74, 6) is 0. The second kappa shape index (κ2) is 7.89. The molecule has 1 aliphatic carbocycles. The Hall–Kier alpha value is -1.23. The van der Waals surface area contributed by atoms with Gasteiger partial charge in [0.1, 0.15) is 12.3 Å². The number of halogens is 1. The standard InChI is InChI=1S/C18H28FN3O5S/c1-13-4-5-21(28(13,24)25)11-15-12-22(18(23)27-15)14-2-3-17(16(19)10-14)20-6-8-26-9-7-20/h14-17H,1-12H2/t14?,15-,16?,17?/m0/s1. The van der Waals surface area contributed by atoms with E-state index < -0.39 is 28.4 Å². The molecule has 4 fully saturated rings. The van der Waals surface area contributed by atoms with E-state index in [0.29, 0.717) is 45.6 Å². The molecule has 0 radical (unpaired) electrons. The molecule has 0 spiro atoms. The van der Waals surface area contributed by atoms with E-state index in [1.165, 1.54) is 4.31 Å². The van der Waals surface area contributed by atoms with E-state index in [-0.39, 0.29) is 23.5 Å². The number of amides is 1. The van der Waals surface area contributed by atoms with Crippen molar-refractivity contribution in [3.8, 4) is 0 Å². The van der Waals surface area contributed by atoms with Crippen molar-refractivity contribution in [2.75, 3.05) is 45.9 Å². The van der Waals surface area contributed by atoms with Crippen molar-refractivity contribution < 1.29 is 27.1 Å². The molecule has 0 N–H and O–H groups in total. The van der Waals surface area contributed by atoms with Gasteiger partial charge in [0.25, 0.3) is 0 Å². The van der Waals surface area contributed by atoms with E-state index in [2.05, 4.69) is 11.5 Å². The minimum absolute atomic E-state index is 0.115. The number of rotatable bonds is 4. The van der Waals surface area contributed by atoms with Crippen LogP contribution in [0.3, 0.4) is 0 Å². The summed E-state index contributed by atoms with van der Waals surface area (Å²) in [6.45, 7) is 7.16. The van der Waals surface area contributed by atoms with E-state index in [0.717, 1.165) is 19.5 Å². The van der Waals surface area contributed by atoms with Gasteiger partial charge in [0.05, 0.1) is 31.2 Å². The minimum atomic E-state index is -3.49. The van der Waals surface area contributed by atoms with Crippen LogP contribution in [0.4, 0.5) is 9.18 Å². The number of carbonyl (C=O) groups is 1. The summed E-state index contributed by atoms with van der Waals surface area (Å²) in [4.78, 5) is 16.3. The van der Waals surface area contributed by atoms with E-state index in [1.54, 1.807) is 4.90 Å². The molecule has 3 heterocycles. The molecule has 3 saturated heterocycles. The molecule has 4 atom stereocenters. The van der Waals surface area contributed by atoms with Crippen molar-refractivity contribution in [3.63, 3.8) is 0 Å². The van der Waals surface area contributed by atoms with E-state index in [1.807, 2.05) is 0 Å². The van der Waals surface area contributed by atoms with Gasteiger partial charge in [-0.05, 0) is 19.3 Å². The summed E-state index contributed by atoms with van der Waals surface area (Å²) < 4.78 is 51.3. The van der Waals surface area contributed by atoms with Crippen LogP contribution in [0.2, 0.25) is 0 Å². The summed E-state index contributed by atoms with van der Waals surface area (Å²) in [5.41, 5.74) is 0. The second-order valence-corrected chi connectivity index (χ2v) is 10.1. The molecule has 4 rings (SSSR count). The molecule has 3 aliphatic heterocycles. The fourth-order valence-electron chi connectivity index (χ4n) is 4.71. The van der Waals surface area contributed by atoms with Crippen molar-refractivity contribution in [1.82, 2.24) is 14.1 Å². The molecule has 0 aromatic heterocycles. The molecule has 1 amide bonds. The Morgan fingerprint density at radius 1 is 1.18 bits per heavy atom. The Kier molecular flexibility index (Phi) is 5.65. The molecule has 0 aromatic carbocycles. The van der Waals surface area contributed by atoms with E-state index >= 15 is 0 Å². The fraction of sp³-hybridized carbons (Fsp3) is 0.833. The molecular formula is C18H28FN3O5S. The zero-order chi connectivity index (χ0) is 19.9. The molecule has 3 unspecified atom stereocenters. The number of hydrogen-bond acceptors (Lipinski definition) is 6. The van der Waals surface area contributed by atoms with Crippen molar-refractivity contribution in [1.29, 1.82) is 0 Å². The lowest BCUT2D eigenvalue weighted by atomic mass is 9.87. The molecule has 28 heavy (non-hydrogen) atoms.